The summed E-state index contributed by atoms with van der Waals surface area (Å²) in [7, 11) is -4.33. The summed E-state index contributed by atoms with van der Waals surface area (Å²) in [4.78, 5) is -0.140. The average molecular weight is 391 g/mol. The Balaban J connectivity index is 0.00000625. The van der Waals surface area contributed by atoms with Crippen LogP contribution in [0.3, 0.4) is 0 Å². The summed E-state index contributed by atoms with van der Waals surface area (Å²) in [5, 5.41) is 0. The van der Waals surface area contributed by atoms with E-state index >= 15 is 0 Å². The van der Waals surface area contributed by atoms with E-state index in [-0.39, 0.29) is 34.5 Å². The van der Waals surface area contributed by atoms with Gasteiger partial charge in [-0.3, -0.25) is 0 Å². The van der Waals surface area contributed by atoms with Crippen molar-refractivity contribution in [2.24, 2.45) is 5.92 Å². The third-order valence-corrected chi connectivity index (χ3v) is 5.70. The summed E-state index contributed by atoms with van der Waals surface area (Å²) in [6, 6.07) is 6.37. The van der Waals surface area contributed by atoms with Gasteiger partial charge in [-0.2, -0.15) is 0 Å². The molecule has 1 aromatic carbocycles. The Hall–Kier alpha value is 0.130. The van der Waals surface area contributed by atoms with Gasteiger partial charge in [0.1, 0.15) is 10.1 Å². The molecule has 0 bridgehead atoms. The van der Waals surface area contributed by atoms with E-state index in [1.54, 1.807) is 12.1 Å². The van der Waals surface area contributed by atoms with E-state index < -0.39 is 10.1 Å². The van der Waals surface area contributed by atoms with E-state index in [2.05, 4.69) is 13.8 Å². The number of rotatable bonds is 14. The van der Waals surface area contributed by atoms with Crippen molar-refractivity contribution in [1.29, 1.82) is 0 Å². The van der Waals surface area contributed by atoms with Gasteiger partial charge in [0.25, 0.3) is 0 Å². The molecule has 0 N–H and O–H groups in total. The van der Waals surface area contributed by atoms with Crippen LogP contribution in [0.25, 0.3) is 0 Å². The zero-order chi connectivity index (χ0) is 18.5. The first kappa shape index (κ1) is 26.1. The number of unbranched alkanes of at least 4 members (excludes halogenated alkanes) is 9. The van der Waals surface area contributed by atoms with Crippen LogP contribution >= 0.6 is 0 Å². The molecule has 0 aliphatic rings. The van der Waals surface area contributed by atoms with Gasteiger partial charge in [0.2, 0.25) is 0 Å². The van der Waals surface area contributed by atoms with Crippen molar-refractivity contribution < 1.29 is 42.5 Å². The largest absolute Gasteiger partial charge is 1.00 e. The van der Waals surface area contributed by atoms with Crippen LogP contribution in [0.2, 0.25) is 0 Å². The maximum atomic E-state index is 10.9. The monoisotopic (exact) mass is 390 g/mol. The second-order valence-electron chi connectivity index (χ2n) is 7.38. The molecule has 0 aromatic heterocycles. The maximum absolute atomic E-state index is 10.9. The molecule has 5 heteroatoms. The van der Waals surface area contributed by atoms with Gasteiger partial charge < -0.3 is 4.55 Å². The minimum absolute atomic E-state index is 0. The third kappa shape index (κ3) is 12.5. The van der Waals surface area contributed by atoms with E-state index in [0.717, 1.165) is 12.0 Å². The van der Waals surface area contributed by atoms with Gasteiger partial charge in [-0.1, -0.05) is 96.6 Å². The molecule has 3 nitrogen and oxygen atoms in total. The summed E-state index contributed by atoms with van der Waals surface area (Å²) in [5.41, 5.74) is 1.10. The molecule has 1 atom stereocenters. The van der Waals surface area contributed by atoms with Gasteiger partial charge in [-0.15, -0.1) is 0 Å². The topological polar surface area (TPSA) is 57.2 Å². The standard InChI is InChI=1S/C21H36O3S.Na/c1-3-4-5-6-7-8-9-10-11-12-13-19(2)18-20-14-16-21(17-15-20)25(22,23)24;/h14-17,19H,3-13,18H2,1-2H3,(H,22,23,24);/q;+1/p-1. The first-order valence-electron chi connectivity index (χ1n) is 9.98. The summed E-state index contributed by atoms with van der Waals surface area (Å²) in [6.45, 7) is 4.50. The van der Waals surface area contributed by atoms with Crippen molar-refractivity contribution in [3.8, 4) is 0 Å². The SMILES string of the molecule is CCCCCCCCCCCCC(C)Cc1ccc(S(=O)(=O)[O-])cc1.[Na+]. The Kier molecular flexibility index (Phi) is 15.2. The molecular weight excluding hydrogens is 355 g/mol. The molecule has 1 aromatic rings. The van der Waals surface area contributed by atoms with Crippen LogP contribution in [0.4, 0.5) is 0 Å². The third-order valence-electron chi connectivity index (χ3n) is 4.85. The van der Waals surface area contributed by atoms with Crippen LogP contribution in [0.1, 0.15) is 90.0 Å². The Labute approximate surface area is 183 Å². The predicted molar refractivity (Wildman–Crippen MR) is 104 cm³/mol. The molecule has 1 rings (SSSR count). The van der Waals surface area contributed by atoms with E-state index in [1.165, 1.54) is 82.8 Å². The number of benzene rings is 1. The molecule has 0 heterocycles. The zero-order valence-corrected chi connectivity index (χ0v) is 19.8. The first-order chi connectivity index (χ1) is 11.9. The van der Waals surface area contributed by atoms with Crippen molar-refractivity contribution in [3.63, 3.8) is 0 Å². The van der Waals surface area contributed by atoms with Crippen LogP contribution in [-0.4, -0.2) is 13.0 Å². The zero-order valence-electron chi connectivity index (χ0n) is 17.0. The number of hydrogen-bond donors (Lipinski definition) is 0. The Morgan fingerprint density at radius 3 is 1.77 bits per heavy atom. The molecule has 0 aliphatic carbocycles. The molecule has 0 amide bonds. The summed E-state index contributed by atoms with van der Waals surface area (Å²) < 4.78 is 32.8. The smallest absolute Gasteiger partial charge is 0.744 e. The van der Waals surface area contributed by atoms with Crippen LogP contribution in [0.5, 0.6) is 0 Å². The quantitative estimate of drug-likeness (QED) is 0.279. The molecule has 144 valence electrons. The summed E-state index contributed by atoms with van der Waals surface area (Å²) in [5.74, 6) is 0.587. The fourth-order valence-corrected chi connectivity index (χ4v) is 3.75. The van der Waals surface area contributed by atoms with Crippen molar-refractivity contribution in [2.45, 2.75) is 95.8 Å². The van der Waals surface area contributed by atoms with Crippen molar-refractivity contribution in [3.05, 3.63) is 29.8 Å². The minimum atomic E-state index is -4.33. The minimum Gasteiger partial charge on any atom is -0.744 e. The second kappa shape index (κ2) is 15.1. The predicted octanol–water partition coefficient (Wildman–Crippen LogP) is 3.08. The van der Waals surface area contributed by atoms with Gasteiger partial charge >= 0.3 is 29.6 Å². The number of hydrogen-bond acceptors (Lipinski definition) is 3. The van der Waals surface area contributed by atoms with Crippen LogP contribution in [0, 0.1) is 5.92 Å². The van der Waals surface area contributed by atoms with E-state index in [1.807, 2.05) is 0 Å². The molecule has 26 heavy (non-hydrogen) atoms. The van der Waals surface area contributed by atoms with Crippen molar-refractivity contribution in [2.75, 3.05) is 0 Å². The summed E-state index contributed by atoms with van der Waals surface area (Å²) >= 11 is 0. The van der Waals surface area contributed by atoms with E-state index in [9.17, 15) is 13.0 Å². The molecule has 0 spiro atoms. The maximum Gasteiger partial charge on any atom is 1.00 e. The Morgan fingerprint density at radius 1 is 0.846 bits per heavy atom. The Bertz CT molecular complexity index is 555. The fourth-order valence-electron chi connectivity index (χ4n) is 3.28. The van der Waals surface area contributed by atoms with Crippen molar-refractivity contribution in [1.82, 2.24) is 0 Å². The average Bonchev–Trinajstić information content (AvgIpc) is 2.56. The molecular formula is C21H35NaO3S. The van der Waals surface area contributed by atoms with Gasteiger partial charge in [0.15, 0.2) is 0 Å². The van der Waals surface area contributed by atoms with Gasteiger partial charge in [-0.05, 0) is 30.0 Å². The normalized spacial score (nSPS) is 12.6. The fraction of sp³-hybridized carbons (Fsp3) is 0.714. The Morgan fingerprint density at radius 2 is 1.31 bits per heavy atom. The molecule has 0 saturated heterocycles. The van der Waals surface area contributed by atoms with E-state index in [0.29, 0.717) is 5.92 Å². The van der Waals surface area contributed by atoms with Gasteiger partial charge in [0, 0.05) is 0 Å². The molecule has 0 aliphatic heterocycles. The van der Waals surface area contributed by atoms with Gasteiger partial charge in [0.05, 0.1) is 4.90 Å². The van der Waals surface area contributed by atoms with Crippen LogP contribution in [0.15, 0.2) is 29.2 Å². The molecule has 0 radical (unpaired) electrons. The molecule has 0 fully saturated rings. The second-order valence-corrected chi connectivity index (χ2v) is 8.76. The van der Waals surface area contributed by atoms with Crippen molar-refractivity contribution >= 4 is 10.1 Å². The molecule has 0 saturated carbocycles. The first-order valence-corrected chi connectivity index (χ1v) is 11.4. The van der Waals surface area contributed by atoms with Crippen LogP contribution < -0.4 is 29.6 Å². The van der Waals surface area contributed by atoms with Crippen LogP contribution in [-0.2, 0) is 16.5 Å². The molecule has 1 unspecified atom stereocenters. The van der Waals surface area contributed by atoms with E-state index in [4.69, 9.17) is 0 Å². The summed E-state index contributed by atoms with van der Waals surface area (Å²) in [6.07, 6.45) is 15.7. The van der Waals surface area contributed by atoms with Gasteiger partial charge in [-0.25, -0.2) is 8.42 Å².